The van der Waals surface area contributed by atoms with Crippen LogP contribution in [0.1, 0.15) is 31.2 Å². The molecule has 2 nitrogen and oxygen atoms in total. The van der Waals surface area contributed by atoms with Gasteiger partial charge in [-0.25, -0.2) is 0 Å². The molecule has 3 rings (SSSR count). The second-order valence-corrected chi connectivity index (χ2v) is 6.00. The molecular weight excluding hydrogens is 220 g/mol. The van der Waals surface area contributed by atoms with Crippen molar-refractivity contribution in [1.82, 2.24) is 5.32 Å². The van der Waals surface area contributed by atoms with E-state index in [2.05, 4.69) is 34.5 Å². The molecule has 18 heavy (non-hydrogen) atoms. The minimum absolute atomic E-state index is 0.953. The summed E-state index contributed by atoms with van der Waals surface area (Å²) in [4.78, 5) is 2.61. The van der Waals surface area contributed by atoms with Gasteiger partial charge in [0.2, 0.25) is 0 Å². The van der Waals surface area contributed by atoms with Crippen LogP contribution in [-0.2, 0) is 6.54 Å². The molecule has 2 aliphatic rings. The Labute approximate surface area is 110 Å². The van der Waals surface area contributed by atoms with Crippen LogP contribution in [0, 0.1) is 11.8 Å². The van der Waals surface area contributed by atoms with Gasteiger partial charge in [-0.1, -0.05) is 18.6 Å². The Morgan fingerprint density at radius 1 is 1.11 bits per heavy atom. The fourth-order valence-electron chi connectivity index (χ4n) is 3.67. The lowest BCUT2D eigenvalue weighted by Gasteiger charge is -2.42. The van der Waals surface area contributed by atoms with Gasteiger partial charge in [0.05, 0.1) is 0 Å². The molecule has 2 fully saturated rings. The third-order valence-corrected chi connectivity index (χ3v) is 4.53. The van der Waals surface area contributed by atoms with E-state index in [1.807, 2.05) is 7.05 Å². The van der Waals surface area contributed by atoms with Gasteiger partial charge in [-0.05, 0) is 55.8 Å². The average molecular weight is 244 g/mol. The number of rotatable bonds is 3. The molecule has 0 aromatic heterocycles. The summed E-state index contributed by atoms with van der Waals surface area (Å²) in [5.74, 6) is 1.91. The van der Waals surface area contributed by atoms with Crippen LogP contribution < -0.4 is 10.2 Å². The SMILES string of the molecule is CNCc1ccc(N2CC3CCCC(C3)C2)cc1. The largest absolute Gasteiger partial charge is 0.371 e. The number of nitrogens with one attached hydrogen (secondary N) is 1. The molecule has 98 valence electrons. The zero-order chi connectivity index (χ0) is 12.4. The Morgan fingerprint density at radius 2 is 1.78 bits per heavy atom. The van der Waals surface area contributed by atoms with Crippen molar-refractivity contribution >= 4 is 5.69 Å². The standard InChI is InChI=1S/C16H24N2/c1-17-10-13-5-7-16(8-6-13)18-11-14-3-2-4-15(9-14)12-18/h5-8,14-15,17H,2-4,9-12H2,1H3. The second kappa shape index (κ2) is 5.31. The zero-order valence-electron chi connectivity index (χ0n) is 11.4. The summed E-state index contributed by atoms with van der Waals surface area (Å²) < 4.78 is 0. The highest BCUT2D eigenvalue weighted by Gasteiger charge is 2.30. The van der Waals surface area contributed by atoms with Gasteiger partial charge in [0.1, 0.15) is 0 Å². The Balaban J connectivity index is 1.70. The Bertz CT molecular complexity index is 373. The van der Waals surface area contributed by atoms with Crippen LogP contribution >= 0.6 is 0 Å². The smallest absolute Gasteiger partial charge is 0.0366 e. The molecule has 1 heterocycles. The van der Waals surface area contributed by atoms with Crippen LogP contribution in [0.25, 0.3) is 0 Å². The summed E-state index contributed by atoms with van der Waals surface area (Å²) in [6, 6.07) is 9.12. The van der Waals surface area contributed by atoms with Crippen molar-refractivity contribution in [3.63, 3.8) is 0 Å². The van der Waals surface area contributed by atoms with Crippen LogP contribution in [0.4, 0.5) is 5.69 Å². The molecule has 0 radical (unpaired) electrons. The van der Waals surface area contributed by atoms with Crippen LogP contribution in [-0.4, -0.2) is 20.1 Å². The Hall–Kier alpha value is -1.02. The molecule has 1 aromatic rings. The lowest BCUT2D eigenvalue weighted by molar-refractivity contribution is 0.231. The van der Waals surface area contributed by atoms with Crippen LogP contribution in [0.3, 0.4) is 0 Å². The summed E-state index contributed by atoms with van der Waals surface area (Å²) in [5, 5.41) is 3.20. The summed E-state index contributed by atoms with van der Waals surface area (Å²) in [6.07, 6.45) is 5.84. The maximum absolute atomic E-state index is 3.20. The number of nitrogens with zero attached hydrogens (tertiary/aromatic N) is 1. The summed E-state index contributed by atoms with van der Waals surface area (Å²) in [6.45, 7) is 3.52. The summed E-state index contributed by atoms with van der Waals surface area (Å²) in [7, 11) is 2.00. The molecule has 2 unspecified atom stereocenters. The van der Waals surface area contributed by atoms with Gasteiger partial charge in [-0.15, -0.1) is 0 Å². The molecule has 1 aromatic carbocycles. The lowest BCUT2D eigenvalue weighted by atomic mass is 9.78. The lowest BCUT2D eigenvalue weighted by Crippen LogP contribution is -2.42. The fraction of sp³-hybridized carbons (Fsp3) is 0.625. The molecular formula is C16H24N2. The number of piperidine rings is 1. The van der Waals surface area contributed by atoms with E-state index in [0.29, 0.717) is 0 Å². The van der Waals surface area contributed by atoms with Crippen molar-refractivity contribution < 1.29 is 0 Å². The average Bonchev–Trinajstić information content (AvgIpc) is 2.39. The summed E-state index contributed by atoms with van der Waals surface area (Å²) in [5.41, 5.74) is 2.80. The number of anilines is 1. The highest BCUT2D eigenvalue weighted by Crippen LogP contribution is 2.36. The molecule has 1 N–H and O–H groups in total. The van der Waals surface area contributed by atoms with Crippen molar-refractivity contribution in [2.45, 2.75) is 32.2 Å². The number of hydrogen-bond acceptors (Lipinski definition) is 2. The monoisotopic (exact) mass is 244 g/mol. The van der Waals surface area contributed by atoms with Crippen LogP contribution in [0.5, 0.6) is 0 Å². The van der Waals surface area contributed by atoms with Crippen molar-refractivity contribution in [2.24, 2.45) is 11.8 Å². The maximum atomic E-state index is 3.20. The van der Waals surface area contributed by atoms with Gasteiger partial charge in [0.15, 0.2) is 0 Å². The zero-order valence-corrected chi connectivity index (χ0v) is 11.4. The van der Waals surface area contributed by atoms with Gasteiger partial charge in [0, 0.05) is 25.3 Å². The highest BCUT2D eigenvalue weighted by atomic mass is 15.1. The van der Waals surface area contributed by atoms with Crippen molar-refractivity contribution in [1.29, 1.82) is 0 Å². The molecule has 0 amide bonds. The maximum Gasteiger partial charge on any atom is 0.0366 e. The van der Waals surface area contributed by atoms with Gasteiger partial charge in [-0.3, -0.25) is 0 Å². The topological polar surface area (TPSA) is 15.3 Å². The van der Waals surface area contributed by atoms with Gasteiger partial charge >= 0.3 is 0 Å². The first kappa shape index (κ1) is 12.0. The molecule has 2 atom stereocenters. The fourth-order valence-corrected chi connectivity index (χ4v) is 3.67. The molecule has 1 aliphatic heterocycles. The summed E-state index contributed by atoms with van der Waals surface area (Å²) >= 11 is 0. The van der Waals surface area contributed by atoms with Gasteiger partial charge in [0.25, 0.3) is 0 Å². The molecule has 1 saturated carbocycles. The van der Waals surface area contributed by atoms with E-state index in [1.165, 1.54) is 50.0 Å². The Kier molecular flexibility index (Phi) is 3.55. The molecule has 2 heteroatoms. The normalized spacial score (nSPS) is 27.3. The van der Waals surface area contributed by atoms with Gasteiger partial charge < -0.3 is 10.2 Å². The van der Waals surface area contributed by atoms with Crippen molar-refractivity contribution in [3.05, 3.63) is 29.8 Å². The minimum Gasteiger partial charge on any atom is -0.371 e. The van der Waals surface area contributed by atoms with E-state index in [9.17, 15) is 0 Å². The first-order valence-electron chi connectivity index (χ1n) is 7.33. The quantitative estimate of drug-likeness (QED) is 0.879. The third-order valence-electron chi connectivity index (χ3n) is 4.53. The van der Waals surface area contributed by atoms with Gasteiger partial charge in [-0.2, -0.15) is 0 Å². The predicted octanol–water partition coefficient (Wildman–Crippen LogP) is 3.03. The second-order valence-electron chi connectivity index (χ2n) is 6.00. The van der Waals surface area contributed by atoms with E-state index < -0.39 is 0 Å². The number of fused-ring (bicyclic) bond motifs is 2. The van der Waals surface area contributed by atoms with Crippen molar-refractivity contribution in [3.8, 4) is 0 Å². The van der Waals surface area contributed by atoms with E-state index in [4.69, 9.17) is 0 Å². The number of hydrogen-bond donors (Lipinski definition) is 1. The van der Waals surface area contributed by atoms with Crippen molar-refractivity contribution in [2.75, 3.05) is 25.0 Å². The molecule has 1 saturated heterocycles. The molecule has 0 spiro atoms. The van der Waals surface area contributed by atoms with Crippen LogP contribution in [0.2, 0.25) is 0 Å². The minimum atomic E-state index is 0.953. The molecule has 1 aliphatic carbocycles. The highest BCUT2D eigenvalue weighted by molar-refractivity contribution is 5.48. The predicted molar refractivity (Wildman–Crippen MR) is 76.9 cm³/mol. The van der Waals surface area contributed by atoms with Crippen LogP contribution in [0.15, 0.2) is 24.3 Å². The Morgan fingerprint density at radius 3 is 2.39 bits per heavy atom. The van der Waals surface area contributed by atoms with E-state index in [1.54, 1.807) is 0 Å². The molecule has 2 bridgehead atoms. The first-order valence-corrected chi connectivity index (χ1v) is 7.33. The number of benzene rings is 1. The van der Waals surface area contributed by atoms with E-state index >= 15 is 0 Å². The van der Waals surface area contributed by atoms with E-state index in [-0.39, 0.29) is 0 Å². The third kappa shape index (κ3) is 2.54. The first-order chi connectivity index (χ1) is 8.85. The van der Waals surface area contributed by atoms with E-state index in [0.717, 1.165) is 18.4 Å².